The summed E-state index contributed by atoms with van der Waals surface area (Å²) in [6.45, 7) is 9.02. The summed E-state index contributed by atoms with van der Waals surface area (Å²) < 4.78 is 5.58. The van der Waals surface area contributed by atoms with Crippen molar-refractivity contribution in [2.24, 2.45) is 0 Å². The van der Waals surface area contributed by atoms with Crippen molar-refractivity contribution in [2.45, 2.75) is 47.2 Å². The zero-order valence-electron chi connectivity index (χ0n) is 21.1. The molecule has 1 unspecified atom stereocenters. The summed E-state index contributed by atoms with van der Waals surface area (Å²) in [4.78, 5) is 33.2. The molecule has 2 amide bonds. The Morgan fingerprint density at radius 1 is 0.944 bits per heavy atom. The molecule has 1 aromatic heterocycles. The van der Waals surface area contributed by atoms with Gasteiger partial charge in [-0.15, -0.1) is 9.24 Å². The van der Waals surface area contributed by atoms with Crippen molar-refractivity contribution in [3.05, 3.63) is 82.4 Å². The van der Waals surface area contributed by atoms with E-state index in [4.69, 9.17) is 10.00 Å². The number of benzene rings is 2. The minimum atomic E-state index is -0.416. The summed E-state index contributed by atoms with van der Waals surface area (Å²) in [5.74, 6) is -0.0845. The zero-order valence-corrected chi connectivity index (χ0v) is 22.2. The maximum atomic E-state index is 12.6. The first-order valence-electron chi connectivity index (χ1n) is 11.9. The molecule has 0 bridgehead atoms. The number of hydrogen-bond donors (Lipinski definition) is 2. The molecular weight excluding hydrogens is 473 g/mol. The van der Waals surface area contributed by atoms with Gasteiger partial charge >= 0.3 is 0 Å². The van der Waals surface area contributed by atoms with Gasteiger partial charge in [0.25, 0.3) is 11.8 Å². The fourth-order valence-electron chi connectivity index (χ4n) is 3.31. The minimum absolute atomic E-state index is 0.0952. The quantitative estimate of drug-likeness (QED) is 0.429. The number of carbonyl (C=O) groups is 2. The average molecular weight is 506 g/mol. The second-order valence-electron chi connectivity index (χ2n) is 7.41. The molecule has 9 heteroatoms. The fourth-order valence-corrected chi connectivity index (χ4v) is 3.57. The van der Waals surface area contributed by atoms with Gasteiger partial charge in [0.1, 0.15) is 23.5 Å². The van der Waals surface area contributed by atoms with E-state index < -0.39 is 11.8 Å². The van der Waals surface area contributed by atoms with Gasteiger partial charge in [-0.1, -0.05) is 39.0 Å². The van der Waals surface area contributed by atoms with Crippen molar-refractivity contribution in [3.63, 3.8) is 0 Å². The first-order chi connectivity index (χ1) is 17.4. The number of amides is 2. The number of rotatable bonds is 9. The monoisotopic (exact) mass is 505 g/mol. The molecular formula is C27H32N5O3P. The highest BCUT2D eigenvalue weighted by Gasteiger charge is 2.14. The second kappa shape index (κ2) is 14.6. The molecule has 36 heavy (non-hydrogen) atoms. The number of hydrogen-bond acceptors (Lipinski definition) is 6. The van der Waals surface area contributed by atoms with Crippen molar-refractivity contribution < 1.29 is 14.3 Å². The average Bonchev–Trinajstić information content (AvgIpc) is 2.93. The summed E-state index contributed by atoms with van der Waals surface area (Å²) in [6, 6.07) is 14.5. The van der Waals surface area contributed by atoms with E-state index in [1.54, 1.807) is 6.07 Å². The molecule has 0 fully saturated rings. The summed E-state index contributed by atoms with van der Waals surface area (Å²) in [5, 5.41) is 15.6. The summed E-state index contributed by atoms with van der Waals surface area (Å²) in [7, 11) is 2.62. The molecule has 0 aliphatic rings. The van der Waals surface area contributed by atoms with Crippen LogP contribution in [0.5, 0.6) is 5.75 Å². The van der Waals surface area contributed by atoms with Gasteiger partial charge in [-0.25, -0.2) is 9.97 Å². The normalized spacial score (nSPS) is 9.89. The SMILES string of the molecule is CC.CCOc1cc(CNC(=O)c2cc(C(=O)NCc3ccc(C#N)cc3CC)ncn2)ccc1P. The number of aryl methyl sites for hydroxylation is 1. The Kier molecular flexibility index (Phi) is 11.5. The van der Waals surface area contributed by atoms with Gasteiger partial charge in [-0.3, -0.25) is 9.59 Å². The Bertz CT molecular complexity index is 1240. The Labute approximate surface area is 214 Å². The minimum Gasteiger partial charge on any atom is -0.493 e. The van der Waals surface area contributed by atoms with Crippen LogP contribution in [0, 0.1) is 11.3 Å². The molecule has 0 saturated carbocycles. The van der Waals surface area contributed by atoms with Crippen molar-refractivity contribution in [1.82, 2.24) is 20.6 Å². The molecule has 0 aliphatic carbocycles. The van der Waals surface area contributed by atoms with E-state index in [1.165, 1.54) is 12.4 Å². The van der Waals surface area contributed by atoms with Gasteiger partial charge in [-0.05, 0) is 48.2 Å². The summed E-state index contributed by atoms with van der Waals surface area (Å²) in [6.07, 6.45) is 1.93. The predicted molar refractivity (Wildman–Crippen MR) is 143 cm³/mol. The Morgan fingerprint density at radius 2 is 1.61 bits per heavy atom. The maximum Gasteiger partial charge on any atom is 0.270 e. The highest BCUT2D eigenvalue weighted by molar-refractivity contribution is 7.27. The lowest BCUT2D eigenvalue weighted by Gasteiger charge is -2.11. The number of carbonyl (C=O) groups excluding carboxylic acids is 2. The highest BCUT2D eigenvalue weighted by Crippen LogP contribution is 2.15. The first-order valence-corrected chi connectivity index (χ1v) is 12.4. The van der Waals surface area contributed by atoms with E-state index in [-0.39, 0.29) is 24.5 Å². The van der Waals surface area contributed by atoms with E-state index >= 15 is 0 Å². The lowest BCUT2D eigenvalue weighted by Crippen LogP contribution is -2.27. The standard InChI is InChI=1S/C25H26N5O3P.C2H6/c1-3-18-9-16(12-26)5-7-19(18)14-28-25(32)21-11-20(29-15-30-21)24(31)27-13-17-6-8-23(34)22(10-17)33-4-2;1-2/h5-11,15H,3-4,13-14,34H2,1-2H3,(H,27,31)(H,28,32);1-2H3. The van der Waals surface area contributed by atoms with Gasteiger partial charge in [0.05, 0.1) is 18.2 Å². The van der Waals surface area contributed by atoms with Crippen molar-refractivity contribution >= 4 is 26.4 Å². The van der Waals surface area contributed by atoms with Crippen LogP contribution in [-0.2, 0) is 19.5 Å². The topological polar surface area (TPSA) is 117 Å². The fraction of sp³-hybridized carbons (Fsp3) is 0.296. The van der Waals surface area contributed by atoms with E-state index in [2.05, 4.69) is 35.9 Å². The predicted octanol–water partition coefficient (Wildman–Crippen LogP) is 3.70. The number of nitrogens with one attached hydrogen (secondary N) is 2. The first kappa shape index (κ1) is 28.4. The molecule has 1 atom stereocenters. The second-order valence-corrected chi connectivity index (χ2v) is 8.03. The third kappa shape index (κ3) is 7.86. The highest BCUT2D eigenvalue weighted by atomic mass is 31.0. The number of aromatic nitrogens is 2. The molecule has 0 spiro atoms. The molecule has 3 rings (SSSR count). The van der Waals surface area contributed by atoms with Crippen molar-refractivity contribution in [3.8, 4) is 11.8 Å². The zero-order chi connectivity index (χ0) is 26.5. The van der Waals surface area contributed by atoms with Gasteiger partial charge < -0.3 is 15.4 Å². The molecule has 2 N–H and O–H groups in total. The van der Waals surface area contributed by atoms with Crippen LogP contribution >= 0.6 is 9.24 Å². The molecule has 0 saturated heterocycles. The molecule has 8 nitrogen and oxygen atoms in total. The Balaban J connectivity index is 0.00000222. The molecule has 2 aromatic carbocycles. The van der Waals surface area contributed by atoms with Crippen molar-refractivity contribution in [1.29, 1.82) is 5.26 Å². The van der Waals surface area contributed by atoms with E-state index in [9.17, 15) is 9.59 Å². The molecule has 0 radical (unpaired) electrons. The lowest BCUT2D eigenvalue weighted by atomic mass is 10.0. The van der Waals surface area contributed by atoms with Crippen LogP contribution in [0.1, 0.15) is 70.9 Å². The van der Waals surface area contributed by atoms with E-state index in [0.29, 0.717) is 12.2 Å². The largest absolute Gasteiger partial charge is 0.493 e. The smallest absolute Gasteiger partial charge is 0.270 e. The molecule has 1 heterocycles. The third-order valence-corrected chi connectivity index (χ3v) is 5.60. The Morgan fingerprint density at radius 3 is 2.22 bits per heavy atom. The van der Waals surface area contributed by atoms with Crippen LogP contribution in [-0.4, -0.2) is 28.4 Å². The number of ether oxygens (including phenoxy) is 1. The third-order valence-electron chi connectivity index (χ3n) is 5.12. The van der Waals surface area contributed by atoms with E-state index in [0.717, 1.165) is 34.2 Å². The van der Waals surface area contributed by atoms with Crippen LogP contribution in [0.15, 0.2) is 48.8 Å². The van der Waals surface area contributed by atoms with Gasteiger partial charge in [0, 0.05) is 24.5 Å². The number of nitriles is 1. The van der Waals surface area contributed by atoms with Crippen LogP contribution in [0.4, 0.5) is 0 Å². The lowest BCUT2D eigenvalue weighted by molar-refractivity contribution is 0.0944. The molecule has 188 valence electrons. The van der Waals surface area contributed by atoms with Crippen LogP contribution in [0.25, 0.3) is 0 Å². The molecule has 3 aromatic rings. The summed E-state index contributed by atoms with van der Waals surface area (Å²) in [5.41, 5.74) is 3.56. The van der Waals surface area contributed by atoms with Crippen LogP contribution in [0.2, 0.25) is 0 Å². The van der Waals surface area contributed by atoms with Crippen LogP contribution < -0.4 is 20.7 Å². The van der Waals surface area contributed by atoms with Crippen LogP contribution in [0.3, 0.4) is 0 Å². The van der Waals surface area contributed by atoms with E-state index in [1.807, 2.05) is 58.0 Å². The molecule has 0 aliphatic heterocycles. The van der Waals surface area contributed by atoms with Gasteiger partial charge in [0.2, 0.25) is 0 Å². The summed E-state index contributed by atoms with van der Waals surface area (Å²) >= 11 is 0. The number of nitrogens with zero attached hydrogens (tertiary/aromatic N) is 3. The Hall–Kier alpha value is -3.82. The van der Waals surface area contributed by atoms with Gasteiger partial charge in [-0.2, -0.15) is 5.26 Å². The maximum absolute atomic E-state index is 12.6. The van der Waals surface area contributed by atoms with Crippen molar-refractivity contribution in [2.75, 3.05) is 6.61 Å². The van der Waals surface area contributed by atoms with Gasteiger partial charge in [0.15, 0.2) is 0 Å².